The van der Waals surface area contributed by atoms with Gasteiger partial charge in [0.15, 0.2) is 11.3 Å². The van der Waals surface area contributed by atoms with Crippen LogP contribution in [0.2, 0.25) is 0 Å². The smallest absolute Gasteiger partial charge is 0.233 e. The Kier molecular flexibility index (Phi) is 3.63. The van der Waals surface area contributed by atoms with Gasteiger partial charge < -0.3 is 10.3 Å². The SMILES string of the molecule is O=S=C1C(Cc2ccc(F)cc2)=CC=C[NH+]1[O-]. The molecule has 0 aliphatic carbocycles. The van der Waals surface area contributed by atoms with E-state index in [4.69, 9.17) is 0 Å². The van der Waals surface area contributed by atoms with E-state index in [1.807, 2.05) is 0 Å². The van der Waals surface area contributed by atoms with Crippen LogP contribution in [0.1, 0.15) is 5.56 Å². The summed E-state index contributed by atoms with van der Waals surface area (Å²) in [5.41, 5.74) is 1.55. The second-order valence-electron chi connectivity index (χ2n) is 3.63. The minimum absolute atomic E-state index is 0.208. The fourth-order valence-electron chi connectivity index (χ4n) is 1.62. The van der Waals surface area contributed by atoms with Crippen LogP contribution in [0, 0.1) is 11.0 Å². The summed E-state index contributed by atoms with van der Waals surface area (Å²) in [6, 6.07) is 6.01. The van der Waals surface area contributed by atoms with Crippen molar-refractivity contribution in [3.05, 3.63) is 64.8 Å². The molecule has 0 saturated heterocycles. The molecule has 0 radical (unpaired) electrons. The number of hydrogen-bond acceptors (Lipinski definition) is 2. The first-order valence-corrected chi connectivity index (χ1v) is 5.78. The van der Waals surface area contributed by atoms with Gasteiger partial charge in [0.1, 0.15) is 12.0 Å². The average molecular weight is 251 g/mol. The molecule has 5 heteroatoms. The van der Waals surface area contributed by atoms with Crippen LogP contribution in [0.3, 0.4) is 0 Å². The normalized spacial score (nSPS) is 19.1. The number of rotatable bonds is 2. The molecule has 3 nitrogen and oxygen atoms in total. The maximum absolute atomic E-state index is 12.7. The summed E-state index contributed by atoms with van der Waals surface area (Å²) < 4.78 is 23.6. The number of hydroxylamine groups is 2. The summed E-state index contributed by atoms with van der Waals surface area (Å²) in [6.07, 6.45) is 5.20. The zero-order chi connectivity index (χ0) is 12.3. The number of hydrogen-bond donors (Lipinski definition) is 1. The van der Waals surface area contributed by atoms with Gasteiger partial charge in [0.05, 0.1) is 0 Å². The standard InChI is InChI=1S/C12H10FNO2S/c13-11-5-3-9(4-6-11)8-10-2-1-7-14(15)12(10)17-16/h1-7,14H,8H2. The Balaban J connectivity index is 2.24. The maximum Gasteiger partial charge on any atom is 0.233 e. The minimum atomic E-state index is -0.301. The monoisotopic (exact) mass is 251 g/mol. The second-order valence-corrected chi connectivity index (χ2v) is 4.21. The molecular weight excluding hydrogens is 241 g/mol. The van der Waals surface area contributed by atoms with E-state index in [0.717, 1.165) is 5.56 Å². The fraction of sp³-hybridized carbons (Fsp3) is 0.0833. The van der Waals surface area contributed by atoms with Gasteiger partial charge in [-0.15, -0.1) is 0 Å². The lowest BCUT2D eigenvalue weighted by Crippen LogP contribution is -3.06. The van der Waals surface area contributed by atoms with E-state index in [1.165, 1.54) is 18.3 Å². The van der Waals surface area contributed by atoms with Crippen molar-refractivity contribution < 1.29 is 13.7 Å². The Bertz CT molecular complexity index is 530. The largest absolute Gasteiger partial charge is 0.623 e. The number of allylic oxidation sites excluding steroid dienone is 2. The number of quaternary nitrogens is 1. The number of halogens is 1. The molecular formula is C12H10FNO2S. The summed E-state index contributed by atoms with van der Waals surface area (Å²) in [6.45, 7) is 0. The molecule has 1 aliphatic heterocycles. The van der Waals surface area contributed by atoms with Crippen molar-refractivity contribution in [1.82, 2.24) is 0 Å². The third-order valence-corrected chi connectivity index (χ3v) is 3.08. The molecule has 0 saturated carbocycles. The van der Waals surface area contributed by atoms with Gasteiger partial charge >= 0.3 is 0 Å². The van der Waals surface area contributed by atoms with Gasteiger partial charge in [0.2, 0.25) is 4.99 Å². The molecule has 0 spiro atoms. The number of benzene rings is 1. The topological polar surface area (TPSA) is 44.6 Å². The quantitative estimate of drug-likeness (QED) is 0.616. The summed E-state index contributed by atoms with van der Waals surface area (Å²) in [5, 5.41) is 11.2. The summed E-state index contributed by atoms with van der Waals surface area (Å²) in [5.74, 6) is -0.301. The summed E-state index contributed by atoms with van der Waals surface area (Å²) in [7, 11) is 0. The molecule has 17 heavy (non-hydrogen) atoms. The number of nitrogens with one attached hydrogen (secondary N) is 1. The Hall–Kier alpha value is -1.56. The highest BCUT2D eigenvalue weighted by molar-refractivity contribution is 7.66. The zero-order valence-electron chi connectivity index (χ0n) is 8.85. The lowest BCUT2D eigenvalue weighted by Gasteiger charge is -2.21. The van der Waals surface area contributed by atoms with Gasteiger partial charge in [-0.1, -0.05) is 12.1 Å². The van der Waals surface area contributed by atoms with E-state index in [0.29, 0.717) is 12.0 Å². The van der Waals surface area contributed by atoms with Crippen molar-refractivity contribution in [2.45, 2.75) is 6.42 Å². The highest BCUT2D eigenvalue weighted by atomic mass is 32.1. The van der Waals surface area contributed by atoms with Crippen molar-refractivity contribution in [3.63, 3.8) is 0 Å². The van der Waals surface area contributed by atoms with Crippen LogP contribution in [-0.4, -0.2) is 9.20 Å². The van der Waals surface area contributed by atoms with Gasteiger partial charge in [0, 0.05) is 12.0 Å². The molecule has 1 N–H and O–H groups in total. The predicted octanol–water partition coefficient (Wildman–Crippen LogP) is 0.548. The van der Waals surface area contributed by atoms with E-state index in [-0.39, 0.29) is 27.1 Å². The van der Waals surface area contributed by atoms with E-state index in [2.05, 4.69) is 0 Å². The molecule has 1 atom stereocenters. The van der Waals surface area contributed by atoms with Crippen molar-refractivity contribution >= 4 is 16.2 Å². The minimum Gasteiger partial charge on any atom is -0.623 e. The highest BCUT2D eigenvalue weighted by Crippen LogP contribution is 2.10. The zero-order valence-corrected chi connectivity index (χ0v) is 9.67. The van der Waals surface area contributed by atoms with E-state index < -0.39 is 0 Å². The molecule has 1 heterocycles. The molecule has 0 amide bonds. The highest BCUT2D eigenvalue weighted by Gasteiger charge is 2.16. The Morgan fingerprint density at radius 3 is 2.65 bits per heavy atom. The molecule has 0 aromatic heterocycles. The second kappa shape index (κ2) is 5.18. The van der Waals surface area contributed by atoms with E-state index in [1.54, 1.807) is 24.3 Å². The Labute approximate surface area is 102 Å². The van der Waals surface area contributed by atoms with Crippen molar-refractivity contribution in [1.29, 1.82) is 0 Å². The molecule has 1 aromatic carbocycles. The third kappa shape index (κ3) is 2.76. The molecule has 0 fully saturated rings. The van der Waals surface area contributed by atoms with Crippen LogP contribution in [0.15, 0.2) is 48.2 Å². The first-order valence-electron chi connectivity index (χ1n) is 5.04. The predicted molar refractivity (Wildman–Crippen MR) is 64.8 cm³/mol. The van der Waals surface area contributed by atoms with Crippen molar-refractivity contribution in [3.8, 4) is 0 Å². The van der Waals surface area contributed by atoms with Gasteiger partial charge in [-0.05, 0) is 29.8 Å². The van der Waals surface area contributed by atoms with Gasteiger partial charge in [0.25, 0.3) is 0 Å². The van der Waals surface area contributed by atoms with E-state index in [9.17, 15) is 13.8 Å². The van der Waals surface area contributed by atoms with Crippen LogP contribution in [0.4, 0.5) is 4.39 Å². The average Bonchev–Trinajstić information content (AvgIpc) is 2.32. The van der Waals surface area contributed by atoms with Gasteiger partial charge in [-0.25, -0.2) is 8.60 Å². The lowest BCUT2D eigenvalue weighted by atomic mass is 10.0. The van der Waals surface area contributed by atoms with Crippen LogP contribution < -0.4 is 5.06 Å². The van der Waals surface area contributed by atoms with Crippen LogP contribution in [0.5, 0.6) is 0 Å². The molecule has 88 valence electrons. The third-order valence-electron chi connectivity index (χ3n) is 2.45. The van der Waals surface area contributed by atoms with E-state index >= 15 is 0 Å². The van der Waals surface area contributed by atoms with Crippen LogP contribution in [-0.2, 0) is 17.7 Å². The summed E-state index contributed by atoms with van der Waals surface area (Å²) >= 11 is 0.208. The summed E-state index contributed by atoms with van der Waals surface area (Å²) in [4.78, 5) is 0.219. The molecule has 1 unspecified atom stereocenters. The first-order chi connectivity index (χ1) is 8.20. The molecule has 1 aliphatic rings. The van der Waals surface area contributed by atoms with Crippen molar-refractivity contribution in [2.24, 2.45) is 0 Å². The molecule has 1 aromatic rings. The Morgan fingerprint density at radius 1 is 1.29 bits per heavy atom. The maximum atomic E-state index is 12.7. The lowest BCUT2D eigenvalue weighted by molar-refractivity contribution is -0.680. The molecule has 2 rings (SSSR count). The van der Waals surface area contributed by atoms with Gasteiger partial charge in [-0.2, -0.15) is 0 Å². The fourth-order valence-corrected chi connectivity index (χ4v) is 2.01. The Morgan fingerprint density at radius 2 is 2.00 bits per heavy atom. The van der Waals surface area contributed by atoms with Crippen LogP contribution >= 0.6 is 0 Å². The first kappa shape index (κ1) is 11.9. The van der Waals surface area contributed by atoms with Crippen LogP contribution in [0.25, 0.3) is 0 Å². The van der Waals surface area contributed by atoms with Gasteiger partial charge in [-0.3, -0.25) is 0 Å². The van der Waals surface area contributed by atoms with Crippen molar-refractivity contribution in [2.75, 3.05) is 0 Å². The molecule has 0 bridgehead atoms.